The van der Waals surface area contributed by atoms with E-state index in [0.29, 0.717) is 12.8 Å². The molecule has 0 bridgehead atoms. The van der Waals surface area contributed by atoms with Crippen LogP contribution in [-0.4, -0.2) is 29.1 Å². The molecule has 0 aliphatic heterocycles. The summed E-state index contributed by atoms with van der Waals surface area (Å²) < 4.78 is 5.07. The number of benzene rings is 1. The highest BCUT2D eigenvalue weighted by molar-refractivity contribution is 5.84. The maximum atomic E-state index is 11.6. The molecular formula is C14H17NO4. The summed E-state index contributed by atoms with van der Waals surface area (Å²) in [6.45, 7) is 0.204. The fourth-order valence-electron chi connectivity index (χ4n) is 2.06. The van der Waals surface area contributed by atoms with Crippen molar-refractivity contribution in [2.45, 2.75) is 38.0 Å². The first-order valence-electron chi connectivity index (χ1n) is 6.33. The number of carbonyl (C=O) groups excluding carboxylic acids is 2. The lowest BCUT2D eigenvalue weighted by Gasteiger charge is -2.24. The zero-order valence-electron chi connectivity index (χ0n) is 10.5. The lowest BCUT2D eigenvalue weighted by Crippen LogP contribution is -2.42. The van der Waals surface area contributed by atoms with Crippen LogP contribution in [0.1, 0.15) is 24.8 Å². The molecule has 102 valence electrons. The van der Waals surface area contributed by atoms with Crippen molar-refractivity contribution in [3.63, 3.8) is 0 Å². The van der Waals surface area contributed by atoms with E-state index in [2.05, 4.69) is 5.32 Å². The Kier molecular flexibility index (Phi) is 4.52. The smallest absolute Gasteiger partial charge is 0.407 e. The average molecular weight is 263 g/mol. The number of carbonyl (C=O) groups is 2. The summed E-state index contributed by atoms with van der Waals surface area (Å²) in [6.07, 6.45) is -0.256. The highest BCUT2D eigenvalue weighted by Gasteiger charge is 2.27. The van der Waals surface area contributed by atoms with Gasteiger partial charge < -0.3 is 15.2 Å². The molecule has 1 aliphatic rings. The lowest BCUT2D eigenvalue weighted by molar-refractivity contribution is -0.129. The topological polar surface area (TPSA) is 75.6 Å². The van der Waals surface area contributed by atoms with Gasteiger partial charge in [0.2, 0.25) is 0 Å². The van der Waals surface area contributed by atoms with Crippen LogP contribution < -0.4 is 5.32 Å². The molecule has 0 spiro atoms. The number of nitrogens with one attached hydrogen (secondary N) is 1. The van der Waals surface area contributed by atoms with E-state index in [1.165, 1.54) is 0 Å². The Morgan fingerprint density at radius 2 is 2.05 bits per heavy atom. The van der Waals surface area contributed by atoms with Crippen LogP contribution in [0.15, 0.2) is 30.3 Å². The molecular weight excluding hydrogens is 246 g/mol. The van der Waals surface area contributed by atoms with Gasteiger partial charge >= 0.3 is 6.09 Å². The number of aliphatic hydroxyl groups excluding tert-OH is 1. The Bertz CT molecular complexity index is 446. The molecule has 2 unspecified atom stereocenters. The van der Waals surface area contributed by atoms with Crippen molar-refractivity contribution in [3.05, 3.63) is 35.9 Å². The van der Waals surface area contributed by atoms with E-state index in [4.69, 9.17) is 4.74 Å². The van der Waals surface area contributed by atoms with E-state index in [1.54, 1.807) is 0 Å². The second-order valence-electron chi connectivity index (χ2n) is 4.67. The van der Waals surface area contributed by atoms with Gasteiger partial charge in [0.25, 0.3) is 0 Å². The Morgan fingerprint density at radius 1 is 1.32 bits per heavy atom. The van der Waals surface area contributed by atoms with Crippen LogP contribution in [0.5, 0.6) is 0 Å². The van der Waals surface area contributed by atoms with Crippen LogP contribution in [0.3, 0.4) is 0 Å². The molecule has 2 atom stereocenters. The Morgan fingerprint density at radius 3 is 2.74 bits per heavy atom. The van der Waals surface area contributed by atoms with Crippen LogP contribution >= 0.6 is 0 Å². The van der Waals surface area contributed by atoms with E-state index in [-0.39, 0.29) is 24.9 Å². The normalized spacial score (nSPS) is 22.9. The number of hydrogen-bond acceptors (Lipinski definition) is 4. The molecule has 2 N–H and O–H groups in total. The quantitative estimate of drug-likeness (QED) is 0.864. The number of amides is 1. The van der Waals surface area contributed by atoms with Gasteiger partial charge in [-0.3, -0.25) is 4.79 Å². The number of alkyl carbamates (subject to hydrolysis) is 1. The number of aliphatic hydroxyl groups is 1. The highest BCUT2D eigenvalue weighted by Crippen LogP contribution is 2.15. The van der Waals surface area contributed by atoms with Crippen molar-refractivity contribution in [2.75, 3.05) is 0 Å². The van der Waals surface area contributed by atoms with Gasteiger partial charge in [-0.1, -0.05) is 30.3 Å². The maximum Gasteiger partial charge on any atom is 0.407 e. The second kappa shape index (κ2) is 6.33. The summed E-state index contributed by atoms with van der Waals surface area (Å²) in [4.78, 5) is 22.9. The van der Waals surface area contributed by atoms with Gasteiger partial charge in [0.05, 0.1) is 0 Å². The molecule has 2 rings (SSSR count). The van der Waals surface area contributed by atoms with Gasteiger partial charge in [-0.25, -0.2) is 4.79 Å². The number of hydrogen-bond donors (Lipinski definition) is 2. The lowest BCUT2D eigenvalue weighted by atomic mass is 9.92. The van der Waals surface area contributed by atoms with Gasteiger partial charge in [0.1, 0.15) is 12.7 Å². The molecule has 5 heteroatoms. The number of rotatable bonds is 3. The average Bonchev–Trinajstić information content (AvgIpc) is 2.42. The predicted octanol–water partition coefficient (Wildman–Crippen LogP) is 1.40. The standard InChI is InChI=1S/C14H17NO4/c16-12-7-6-11(8-13(12)17)15-14(18)19-9-10-4-2-1-3-5-10/h1-5,11-12,16H,6-9H2,(H,15,18). The SMILES string of the molecule is O=C(NC1CCC(O)C(=O)C1)OCc1ccccc1. The van der Waals surface area contributed by atoms with E-state index in [1.807, 2.05) is 30.3 Å². The van der Waals surface area contributed by atoms with Gasteiger partial charge in [-0.2, -0.15) is 0 Å². The maximum absolute atomic E-state index is 11.6. The van der Waals surface area contributed by atoms with E-state index < -0.39 is 12.2 Å². The van der Waals surface area contributed by atoms with Gasteiger partial charge in [0, 0.05) is 12.5 Å². The first kappa shape index (κ1) is 13.5. The minimum atomic E-state index is -0.876. The fourth-order valence-corrected chi connectivity index (χ4v) is 2.06. The third-order valence-corrected chi connectivity index (χ3v) is 3.14. The van der Waals surface area contributed by atoms with Crippen molar-refractivity contribution >= 4 is 11.9 Å². The van der Waals surface area contributed by atoms with Crippen LogP contribution in [0, 0.1) is 0 Å². The number of ether oxygens (including phenoxy) is 1. The van der Waals surface area contributed by atoms with E-state index in [0.717, 1.165) is 5.56 Å². The summed E-state index contributed by atoms with van der Waals surface area (Å²) in [5.41, 5.74) is 0.910. The molecule has 1 fully saturated rings. The minimum Gasteiger partial charge on any atom is -0.445 e. The van der Waals surface area contributed by atoms with Crippen LogP contribution in [-0.2, 0) is 16.1 Å². The van der Waals surface area contributed by atoms with Gasteiger partial charge in [0.15, 0.2) is 5.78 Å². The minimum absolute atomic E-state index is 0.168. The molecule has 19 heavy (non-hydrogen) atoms. The van der Waals surface area contributed by atoms with Crippen molar-refractivity contribution in [2.24, 2.45) is 0 Å². The third-order valence-electron chi connectivity index (χ3n) is 3.14. The zero-order chi connectivity index (χ0) is 13.7. The van der Waals surface area contributed by atoms with Crippen molar-refractivity contribution in [1.82, 2.24) is 5.32 Å². The first-order chi connectivity index (χ1) is 9.15. The molecule has 1 amide bonds. The molecule has 1 aromatic carbocycles. The second-order valence-corrected chi connectivity index (χ2v) is 4.67. The molecule has 0 heterocycles. The van der Waals surface area contributed by atoms with Gasteiger partial charge in [-0.15, -0.1) is 0 Å². The molecule has 5 nitrogen and oxygen atoms in total. The van der Waals surface area contributed by atoms with Crippen molar-refractivity contribution in [3.8, 4) is 0 Å². The summed E-state index contributed by atoms with van der Waals surface area (Å²) in [5, 5.41) is 11.9. The summed E-state index contributed by atoms with van der Waals surface area (Å²) in [7, 11) is 0. The van der Waals surface area contributed by atoms with Crippen LogP contribution in [0.4, 0.5) is 4.79 Å². The van der Waals surface area contributed by atoms with Crippen LogP contribution in [0.25, 0.3) is 0 Å². The summed E-state index contributed by atoms with van der Waals surface area (Å²) in [5.74, 6) is -0.223. The monoisotopic (exact) mass is 263 g/mol. The third kappa shape index (κ3) is 4.06. The zero-order valence-corrected chi connectivity index (χ0v) is 10.5. The summed E-state index contributed by atoms with van der Waals surface area (Å²) in [6, 6.07) is 9.14. The summed E-state index contributed by atoms with van der Waals surface area (Å²) >= 11 is 0. The van der Waals surface area contributed by atoms with E-state index >= 15 is 0 Å². The Balaban J connectivity index is 1.74. The molecule has 0 saturated heterocycles. The predicted molar refractivity (Wildman–Crippen MR) is 68.4 cm³/mol. The molecule has 1 aliphatic carbocycles. The van der Waals surface area contributed by atoms with Crippen molar-refractivity contribution in [1.29, 1.82) is 0 Å². The highest BCUT2D eigenvalue weighted by atomic mass is 16.5. The molecule has 0 aromatic heterocycles. The Labute approximate surface area is 111 Å². The van der Waals surface area contributed by atoms with Gasteiger partial charge in [-0.05, 0) is 18.4 Å². The fraction of sp³-hybridized carbons (Fsp3) is 0.429. The van der Waals surface area contributed by atoms with E-state index in [9.17, 15) is 14.7 Å². The molecule has 1 aromatic rings. The first-order valence-corrected chi connectivity index (χ1v) is 6.33. The number of ketones is 1. The van der Waals surface area contributed by atoms with Crippen molar-refractivity contribution < 1.29 is 19.4 Å². The largest absolute Gasteiger partial charge is 0.445 e. The molecule has 0 radical (unpaired) electrons. The Hall–Kier alpha value is -1.88. The van der Waals surface area contributed by atoms with Crippen LogP contribution in [0.2, 0.25) is 0 Å². The number of Topliss-reactive ketones (excluding diaryl/α,β-unsaturated/α-hetero) is 1. The molecule has 1 saturated carbocycles.